The molecule has 2 rings (SSSR count). The number of nitriles is 1. The first kappa shape index (κ1) is 21.8. The van der Waals surface area contributed by atoms with Crippen LogP contribution in [0.15, 0.2) is 53.5 Å². The van der Waals surface area contributed by atoms with Gasteiger partial charge >= 0.3 is 6.18 Å². The summed E-state index contributed by atoms with van der Waals surface area (Å²) in [5, 5.41) is 14.9. The molecule has 26 heavy (non-hydrogen) atoms. The number of hydrogen-bond donors (Lipinski definition) is 2. The Morgan fingerprint density at radius 1 is 0.962 bits per heavy atom. The van der Waals surface area contributed by atoms with Crippen LogP contribution in [0, 0.1) is 11.3 Å². The molecule has 0 fully saturated rings. The minimum atomic E-state index is -4.33. The average Bonchev–Trinajstić information content (AvgIpc) is 2.62. The fourth-order valence-electron chi connectivity index (χ4n) is 2.10. The van der Waals surface area contributed by atoms with Gasteiger partial charge in [-0.05, 0) is 35.4 Å². The molecule has 0 saturated carbocycles. The zero-order valence-corrected chi connectivity index (χ0v) is 16.3. The van der Waals surface area contributed by atoms with Crippen molar-refractivity contribution in [2.24, 2.45) is 4.99 Å². The fourth-order valence-corrected chi connectivity index (χ4v) is 2.10. The topological polar surface area (TPSA) is 60.2 Å². The Morgan fingerprint density at radius 2 is 1.42 bits per heavy atom. The summed E-state index contributed by atoms with van der Waals surface area (Å²) in [5.74, 6) is 0.532. The third-order valence-electron chi connectivity index (χ3n) is 3.51. The zero-order chi connectivity index (χ0) is 18.3. The van der Waals surface area contributed by atoms with E-state index in [1.165, 1.54) is 12.1 Å². The van der Waals surface area contributed by atoms with Gasteiger partial charge in [-0.25, -0.2) is 0 Å². The highest BCUT2D eigenvalue weighted by Crippen LogP contribution is 2.28. The van der Waals surface area contributed by atoms with E-state index in [0.717, 1.165) is 17.7 Å². The van der Waals surface area contributed by atoms with Crippen molar-refractivity contribution < 1.29 is 13.2 Å². The average molecular weight is 474 g/mol. The second kappa shape index (κ2) is 10.0. The Hall–Kier alpha value is -2.28. The Kier molecular flexibility index (Phi) is 8.38. The third kappa shape index (κ3) is 6.55. The zero-order valence-electron chi connectivity index (χ0n) is 14.0. The normalized spacial score (nSPS) is 11.3. The van der Waals surface area contributed by atoms with Crippen molar-refractivity contribution in [1.82, 2.24) is 10.6 Å². The van der Waals surface area contributed by atoms with Crippen molar-refractivity contribution >= 4 is 29.9 Å². The van der Waals surface area contributed by atoms with Gasteiger partial charge in [0, 0.05) is 20.1 Å². The molecular formula is C18H18F3IN4. The van der Waals surface area contributed by atoms with Gasteiger partial charge in [-0.2, -0.15) is 18.4 Å². The summed E-state index contributed by atoms with van der Waals surface area (Å²) in [5.41, 5.74) is 1.62. The molecule has 0 bridgehead atoms. The van der Waals surface area contributed by atoms with Crippen LogP contribution < -0.4 is 10.6 Å². The smallest absolute Gasteiger partial charge is 0.352 e. The van der Waals surface area contributed by atoms with Crippen molar-refractivity contribution in [2.45, 2.75) is 19.3 Å². The Balaban J connectivity index is 0.00000338. The van der Waals surface area contributed by atoms with Crippen LogP contribution in [0.5, 0.6) is 0 Å². The summed E-state index contributed by atoms with van der Waals surface area (Å²) in [4.78, 5) is 4.07. The van der Waals surface area contributed by atoms with E-state index >= 15 is 0 Å². The fraction of sp³-hybridized carbons (Fsp3) is 0.222. The van der Waals surface area contributed by atoms with E-state index < -0.39 is 11.7 Å². The number of nitrogens with zero attached hydrogens (tertiary/aromatic N) is 2. The van der Waals surface area contributed by atoms with E-state index in [2.05, 4.69) is 21.7 Å². The minimum Gasteiger partial charge on any atom is -0.352 e. The number of nitrogens with one attached hydrogen (secondary N) is 2. The summed E-state index contributed by atoms with van der Waals surface area (Å²) in [6.07, 6.45) is -4.33. The van der Waals surface area contributed by atoms with Gasteiger partial charge in [0.1, 0.15) is 0 Å². The van der Waals surface area contributed by atoms with Gasteiger partial charge < -0.3 is 10.6 Å². The number of halogens is 4. The molecule has 2 aromatic carbocycles. The van der Waals surface area contributed by atoms with Crippen LogP contribution in [-0.2, 0) is 19.3 Å². The molecule has 2 N–H and O–H groups in total. The molecule has 0 aliphatic carbocycles. The molecule has 0 unspecified atom stereocenters. The number of aliphatic imine (C=N–C) groups is 1. The molecule has 138 valence electrons. The highest BCUT2D eigenvalue weighted by Gasteiger charge is 2.29. The predicted octanol–water partition coefficient (Wildman–Crippen LogP) is 4.06. The standard InChI is InChI=1S/C18H17F3N4.HI/c1-23-17(24-11-14-4-2-13(10-22)3-5-14)25-12-15-6-8-16(9-7-15)18(19,20)21;/h2-9H,11-12H2,1H3,(H2,23,24,25);1H. The molecule has 4 nitrogen and oxygen atoms in total. The summed E-state index contributed by atoms with van der Waals surface area (Å²) < 4.78 is 37.6. The van der Waals surface area contributed by atoms with Crippen molar-refractivity contribution in [3.8, 4) is 6.07 Å². The van der Waals surface area contributed by atoms with E-state index in [0.29, 0.717) is 30.2 Å². The molecule has 0 heterocycles. The summed E-state index contributed by atoms with van der Waals surface area (Å²) in [7, 11) is 1.61. The third-order valence-corrected chi connectivity index (χ3v) is 3.51. The SMILES string of the molecule is CN=C(NCc1ccc(C#N)cc1)NCc1ccc(C(F)(F)F)cc1.I. The molecule has 2 aromatic rings. The lowest BCUT2D eigenvalue weighted by atomic mass is 10.1. The number of benzene rings is 2. The minimum absolute atomic E-state index is 0. The van der Waals surface area contributed by atoms with Gasteiger partial charge in [-0.3, -0.25) is 4.99 Å². The van der Waals surface area contributed by atoms with Crippen molar-refractivity contribution in [3.05, 3.63) is 70.8 Å². The largest absolute Gasteiger partial charge is 0.416 e. The molecule has 0 saturated heterocycles. The first-order chi connectivity index (χ1) is 11.9. The van der Waals surface area contributed by atoms with Gasteiger partial charge in [0.05, 0.1) is 17.2 Å². The predicted molar refractivity (Wildman–Crippen MR) is 105 cm³/mol. The molecule has 8 heteroatoms. The monoisotopic (exact) mass is 474 g/mol. The van der Waals surface area contributed by atoms with E-state index in [-0.39, 0.29) is 24.0 Å². The highest BCUT2D eigenvalue weighted by molar-refractivity contribution is 14.0. The molecule has 0 aliphatic heterocycles. The van der Waals surface area contributed by atoms with E-state index in [4.69, 9.17) is 5.26 Å². The van der Waals surface area contributed by atoms with E-state index in [9.17, 15) is 13.2 Å². The van der Waals surface area contributed by atoms with Crippen molar-refractivity contribution in [3.63, 3.8) is 0 Å². The molecule has 0 aromatic heterocycles. The Bertz CT molecular complexity index is 763. The van der Waals surface area contributed by atoms with E-state index in [1.807, 2.05) is 12.1 Å². The second-order valence-electron chi connectivity index (χ2n) is 5.28. The van der Waals surface area contributed by atoms with Crippen LogP contribution >= 0.6 is 24.0 Å². The van der Waals surface area contributed by atoms with Gasteiger partial charge in [0.25, 0.3) is 0 Å². The van der Waals surface area contributed by atoms with Crippen LogP contribution in [0.2, 0.25) is 0 Å². The number of rotatable bonds is 4. The first-order valence-corrected chi connectivity index (χ1v) is 7.52. The van der Waals surface area contributed by atoms with Crippen LogP contribution in [0.25, 0.3) is 0 Å². The van der Waals surface area contributed by atoms with Gasteiger partial charge in [-0.1, -0.05) is 24.3 Å². The maximum Gasteiger partial charge on any atom is 0.416 e. The quantitative estimate of drug-likeness (QED) is 0.399. The maximum atomic E-state index is 12.5. The molecule has 0 atom stereocenters. The number of hydrogen-bond acceptors (Lipinski definition) is 2. The summed E-state index contributed by atoms with van der Waals surface area (Å²) in [6, 6.07) is 14.2. The number of guanidine groups is 1. The van der Waals surface area contributed by atoms with Gasteiger partial charge in [-0.15, -0.1) is 24.0 Å². The van der Waals surface area contributed by atoms with Crippen LogP contribution in [0.3, 0.4) is 0 Å². The van der Waals surface area contributed by atoms with Crippen LogP contribution in [0.4, 0.5) is 13.2 Å². The van der Waals surface area contributed by atoms with Crippen LogP contribution in [0.1, 0.15) is 22.3 Å². The molecule has 0 radical (unpaired) electrons. The summed E-state index contributed by atoms with van der Waals surface area (Å²) in [6.45, 7) is 0.865. The highest BCUT2D eigenvalue weighted by atomic mass is 127. The Labute approximate surface area is 167 Å². The van der Waals surface area contributed by atoms with E-state index in [1.54, 1.807) is 19.2 Å². The second-order valence-corrected chi connectivity index (χ2v) is 5.28. The van der Waals surface area contributed by atoms with Gasteiger partial charge in [0.15, 0.2) is 5.96 Å². The molecule has 0 spiro atoms. The lowest BCUT2D eigenvalue weighted by Gasteiger charge is -2.13. The molecular weight excluding hydrogens is 456 g/mol. The number of alkyl halides is 3. The van der Waals surface area contributed by atoms with Crippen LogP contribution in [-0.4, -0.2) is 13.0 Å². The maximum absolute atomic E-state index is 12.5. The summed E-state index contributed by atoms with van der Waals surface area (Å²) >= 11 is 0. The molecule has 0 amide bonds. The first-order valence-electron chi connectivity index (χ1n) is 7.52. The van der Waals surface area contributed by atoms with Gasteiger partial charge in [0.2, 0.25) is 0 Å². The molecule has 0 aliphatic rings. The lowest BCUT2D eigenvalue weighted by molar-refractivity contribution is -0.137. The van der Waals surface area contributed by atoms with Crippen molar-refractivity contribution in [1.29, 1.82) is 5.26 Å². The lowest BCUT2D eigenvalue weighted by Crippen LogP contribution is -2.36. The van der Waals surface area contributed by atoms with Crippen molar-refractivity contribution in [2.75, 3.05) is 7.05 Å². The Morgan fingerprint density at radius 3 is 1.81 bits per heavy atom.